The summed E-state index contributed by atoms with van der Waals surface area (Å²) >= 11 is 0. The molecule has 0 aliphatic carbocycles. The van der Waals surface area contributed by atoms with Crippen molar-refractivity contribution in [2.45, 2.75) is 6.54 Å². The Morgan fingerprint density at radius 3 is 2.64 bits per heavy atom. The zero-order valence-corrected chi connectivity index (χ0v) is 14.8. The van der Waals surface area contributed by atoms with E-state index in [1.165, 1.54) is 19.2 Å². The summed E-state index contributed by atoms with van der Waals surface area (Å²) in [5, 5.41) is 4.25. The van der Waals surface area contributed by atoms with Crippen LogP contribution in [0.25, 0.3) is 33.7 Å². The lowest BCUT2D eigenvalue weighted by atomic mass is 10.1. The molecule has 28 heavy (non-hydrogen) atoms. The molecule has 0 saturated carbocycles. The molecule has 0 spiro atoms. The molecule has 9 heteroatoms. The molecular formula is C19H15FN4O4. The van der Waals surface area contributed by atoms with Gasteiger partial charge in [-0.15, -0.1) is 0 Å². The lowest BCUT2D eigenvalue weighted by Crippen LogP contribution is -2.36. The smallest absolute Gasteiger partial charge is 0.328 e. The van der Waals surface area contributed by atoms with E-state index in [1.807, 2.05) is 0 Å². The number of aromatic amines is 1. The maximum Gasteiger partial charge on any atom is 0.328 e. The minimum atomic E-state index is -0.524. The first kappa shape index (κ1) is 17.8. The molecule has 0 unspecified atom stereocenters. The molecule has 2 heterocycles. The second kappa shape index (κ2) is 7.20. The number of hydrogen-bond donors (Lipinski definition) is 1. The van der Waals surface area contributed by atoms with Gasteiger partial charge in [0.2, 0.25) is 5.82 Å². The van der Waals surface area contributed by atoms with Crippen molar-refractivity contribution in [3.63, 3.8) is 0 Å². The topological polar surface area (TPSA) is 103 Å². The third kappa shape index (κ3) is 3.23. The van der Waals surface area contributed by atoms with E-state index in [9.17, 15) is 14.0 Å². The molecule has 0 aliphatic heterocycles. The average Bonchev–Trinajstić information content (AvgIpc) is 3.18. The number of nitrogens with one attached hydrogen (secondary N) is 1. The van der Waals surface area contributed by atoms with Crippen LogP contribution in [-0.2, 0) is 11.3 Å². The summed E-state index contributed by atoms with van der Waals surface area (Å²) in [5.41, 5.74) is 0.580. The fourth-order valence-electron chi connectivity index (χ4n) is 2.83. The Morgan fingerprint density at radius 1 is 1.14 bits per heavy atom. The molecule has 0 atom stereocenters. The van der Waals surface area contributed by atoms with Crippen LogP contribution in [0.15, 0.2) is 56.6 Å². The van der Waals surface area contributed by atoms with E-state index in [2.05, 4.69) is 15.1 Å². The van der Waals surface area contributed by atoms with E-state index in [0.29, 0.717) is 27.9 Å². The van der Waals surface area contributed by atoms with Gasteiger partial charge in [-0.05, 0) is 42.5 Å². The number of methoxy groups -OCH3 is 1. The van der Waals surface area contributed by atoms with Crippen molar-refractivity contribution in [1.82, 2.24) is 19.7 Å². The van der Waals surface area contributed by atoms with Crippen molar-refractivity contribution in [2.75, 3.05) is 13.7 Å². The van der Waals surface area contributed by atoms with Crippen LogP contribution in [-0.4, -0.2) is 33.4 Å². The molecule has 0 saturated heterocycles. The van der Waals surface area contributed by atoms with E-state index in [0.717, 1.165) is 4.57 Å². The first-order chi connectivity index (χ1) is 13.6. The minimum Gasteiger partial charge on any atom is -0.383 e. The molecule has 4 aromatic rings. The first-order valence-corrected chi connectivity index (χ1v) is 8.42. The Kier molecular flexibility index (Phi) is 4.58. The van der Waals surface area contributed by atoms with Gasteiger partial charge >= 0.3 is 5.69 Å². The monoisotopic (exact) mass is 382 g/mol. The van der Waals surface area contributed by atoms with Gasteiger partial charge in [-0.2, -0.15) is 4.98 Å². The Bertz CT molecular complexity index is 1260. The highest BCUT2D eigenvalue weighted by atomic mass is 19.1. The average molecular weight is 382 g/mol. The predicted octanol–water partition coefficient (Wildman–Crippen LogP) is 2.19. The second-order valence-corrected chi connectivity index (χ2v) is 6.07. The van der Waals surface area contributed by atoms with E-state index in [4.69, 9.17) is 9.26 Å². The summed E-state index contributed by atoms with van der Waals surface area (Å²) in [6.45, 7) is 0.410. The number of nitrogens with zero attached hydrogens (tertiary/aromatic N) is 3. The summed E-state index contributed by atoms with van der Waals surface area (Å²) < 4.78 is 24.3. The molecular weight excluding hydrogens is 367 g/mol. The second-order valence-electron chi connectivity index (χ2n) is 6.07. The molecule has 8 nitrogen and oxygen atoms in total. The van der Waals surface area contributed by atoms with Gasteiger partial charge in [0.25, 0.3) is 11.4 Å². The van der Waals surface area contributed by atoms with Crippen LogP contribution in [0.2, 0.25) is 0 Å². The standard InChI is InChI=1S/C19H15FN4O4/c1-27-9-8-24-18(25)14-7-4-12(10-15(14)21-19(24)26)17-22-16(23-28-17)11-2-5-13(20)6-3-11/h2-7,10H,8-9H2,1H3,(H,21,26). The lowest BCUT2D eigenvalue weighted by Gasteiger charge is -2.06. The Balaban J connectivity index is 1.73. The van der Waals surface area contributed by atoms with Gasteiger partial charge < -0.3 is 14.2 Å². The Morgan fingerprint density at radius 2 is 1.89 bits per heavy atom. The van der Waals surface area contributed by atoms with Crippen LogP contribution in [0.1, 0.15) is 0 Å². The Hall–Kier alpha value is -3.59. The van der Waals surface area contributed by atoms with E-state index < -0.39 is 11.2 Å². The highest BCUT2D eigenvalue weighted by molar-refractivity contribution is 5.82. The zero-order chi connectivity index (χ0) is 19.7. The highest BCUT2D eigenvalue weighted by Gasteiger charge is 2.13. The molecule has 4 rings (SSSR count). The maximum atomic E-state index is 13.1. The van der Waals surface area contributed by atoms with Crippen LogP contribution < -0.4 is 11.2 Å². The SMILES string of the molecule is COCCn1c(=O)[nH]c2cc(-c3nc(-c4ccc(F)cc4)no3)ccc2c1=O. The molecule has 0 amide bonds. The number of fused-ring (bicyclic) bond motifs is 1. The van der Waals surface area contributed by atoms with Gasteiger partial charge in [0.05, 0.1) is 24.1 Å². The third-order valence-electron chi connectivity index (χ3n) is 4.28. The Labute approximate surface area is 157 Å². The van der Waals surface area contributed by atoms with E-state index in [-0.39, 0.29) is 24.9 Å². The van der Waals surface area contributed by atoms with Crippen LogP contribution in [0.5, 0.6) is 0 Å². The number of benzene rings is 2. The van der Waals surface area contributed by atoms with Gasteiger partial charge in [0.15, 0.2) is 0 Å². The first-order valence-electron chi connectivity index (χ1n) is 8.42. The third-order valence-corrected chi connectivity index (χ3v) is 4.28. The molecule has 0 radical (unpaired) electrons. The van der Waals surface area contributed by atoms with Crippen molar-refractivity contribution >= 4 is 10.9 Å². The number of ether oxygens (including phenoxy) is 1. The molecule has 2 aromatic heterocycles. The number of H-pyrrole nitrogens is 1. The fraction of sp³-hybridized carbons (Fsp3) is 0.158. The van der Waals surface area contributed by atoms with Crippen LogP contribution in [0.3, 0.4) is 0 Å². The summed E-state index contributed by atoms with van der Waals surface area (Å²) in [6.07, 6.45) is 0. The van der Waals surface area contributed by atoms with E-state index >= 15 is 0 Å². The summed E-state index contributed by atoms with van der Waals surface area (Å²) in [6, 6.07) is 10.6. The van der Waals surface area contributed by atoms with Crippen LogP contribution in [0.4, 0.5) is 4.39 Å². The fourth-order valence-corrected chi connectivity index (χ4v) is 2.83. The van der Waals surface area contributed by atoms with Crippen LogP contribution in [0, 0.1) is 5.82 Å². The molecule has 2 aromatic carbocycles. The van der Waals surface area contributed by atoms with Gasteiger partial charge in [0, 0.05) is 18.2 Å². The van der Waals surface area contributed by atoms with Crippen molar-refractivity contribution in [3.8, 4) is 22.8 Å². The van der Waals surface area contributed by atoms with Crippen LogP contribution >= 0.6 is 0 Å². The van der Waals surface area contributed by atoms with Crippen molar-refractivity contribution < 1.29 is 13.7 Å². The molecule has 142 valence electrons. The number of hydrogen-bond acceptors (Lipinski definition) is 6. The maximum absolute atomic E-state index is 13.1. The molecule has 0 fully saturated rings. The minimum absolute atomic E-state index is 0.160. The number of rotatable bonds is 5. The largest absolute Gasteiger partial charge is 0.383 e. The highest BCUT2D eigenvalue weighted by Crippen LogP contribution is 2.24. The zero-order valence-electron chi connectivity index (χ0n) is 14.8. The summed E-state index contributed by atoms with van der Waals surface area (Å²) in [4.78, 5) is 31.7. The van der Waals surface area contributed by atoms with E-state index in [1.54, 1.807) is 30.3 Å². The molecule has 0 bridgehead atoms. The van der Waals surface area contributed by atoms with Crippen molar-refractivity contribution in [3.05, 3.63) is 69.1 Å². The lowest BCUT2D eigenvalue weighted by molar-refractivity contribution is 0.185. The van der Waals surface area contributed by atoms with Crippen molar-refractivity contribution in [1.29, 1.82) is 0 Å². The van der Waals surface area contributed by atoms with Crippen molar-refractivity contribution in [2.24, 2.45) is 0 Å². The van der Waals surface area contributed by atoms with Gasteiger partial charge in [-0.1, -0.05) is 5.16 Å². The normalized spacial score (nSPS) is 11.2. The molecule has 0 aliphatic rings. The van der Waals surface area contributed by atoms with Gasteiger partial charge in [0.1, 0.15) is 5.82 Å². The van der Waals surface area contributed by atoms with Gasteiger partial charge in [-0.25, -0.2) is 9.18 Å². The number of aromatic nitrogens is 4. The number of halogens is 1. The summed E-state index contributed by atoms with van der Waals surface area (Å²) in [5.74, 6) is 0.159. The van der Waals surface area contributed by atoms with Gasteiger partial charge in [-0.3, -0.25) is 9.36 Å². The summed E-state index contributed by atoms with van der Waals surface area (Å²) in [7, 11) is 1.50. The quantitative estimate of drug-likeness (QED) is 0.568. The molecule has 1 N–H and O–H groups in total. The predicted molar refractivity (Wildman–Crippen MR) is 99.4 cm³/mol.